The molecule has 0 radical (unpaired) electrons. The van der Waals surface area contributed by atoms with Crippen molar-refractivity contribution in [3.05, 3.63) is 18.0 Å². The van der Waals surface area contributed by atoms with Crippen molar-refractivity contribution in [2.24, 2.45) is 11.7 Å². The second-order valence-electron chi connectivity index (χ2n) is 3.49. The highest BCUT2D eigenvalue weighted by Crippen LogP contribution is 2.01. The third-order valence-corrected chi connectivity index (χ3v) is 2.12. The molecule has 0 aliphatic carbocycles. The van der Waals surface area contributed by atoms with Gasteiger partial charge < -0.3 is 11.1 Å². The number of anilines is 1. The maximum Gasteiger partial charge on any atom is 0.222 e. The number of aryl methyl sites for hydroxylation is 1. The van der Waals surface area contributed by atoms with Crippen LogP contribution in [-0.2, 0) is 6.42 Å². The van der Waals surface area contributed by atoms with Crippen LogP contribution in [0.5, 0.6) is 0 Å². The van der Waals surface area contributed by atoms with Crippen molar-refractivity contribution in [2.45, 2.75) is 20.3 Å². The van der Waals surface area contributed by atoms with Gasteiger partial charge in [0.05, 0.1) is 0 Å². The predicted octanol–water partition coefficient (Wildman–Crippen LogP) is 1.05. The average molecular weight is 194 g/mol. The molecule has 4 heteroatoms. The van der Waals surface area contributed by atoms with E-state index in [-0.39, 0.29) is 0 Å². The van der Waals surface area contributed by atoms with Crippen LogP contribution in [0.15, 0.2) is 12.4 Å². The zero-order chi connectivity index (χ0) is 10.4. The fourth-order valence-electron chi connectivity index (χ4n) is 0.977. The van der Waals surface area contributed by atoms with E-state index in [0.29, 0.717) is 18.4 Å². The third kappa shape index (κ3) is 3.30. The molecule has 0 aliphatic heterocycles. The molecule has 4 nitrogen and oxygen atoms in total. The van der Waals surface area contributed by atoms with Gasteiger partial charge in [0.25, 0.3) is 0 Å². The zero-order valence-electron chi connectivity index (χ0n) is 8.83. The van der Waals surface area contributed by atoms with Gasteiger partial charge >= 0.3 is 0 Å². The lowest BCUT2D eigenvalue weighted by Gasteiger charge is -2.09. The van der Waals surface area contributed by atoms with Crippen LogP contribution in [0.3, 0.4) is 0 Å². The highest BCUT2D eigenvalue weighted by Gasteiger charge is 2.00. The van der Waals surface area contributed by atoms with E-state index in [9.17, 15) is 0 Å². The number of nitrogens with zero attached hydrogens (tertiary/aromatic N) is 2. The minimum Gasteiger partial charge on any atom is -0.354 e. The molecule has 1 atom stereocenters. The van der Waals surface area contributed by atoms with Crippen LogP contribution in [0.2, 0.25) is 0 Å². The van der Waals surface area contributed by atoms with Crippen LogP contribution >= 0.6 is 0 Å². The maximum absolute atomic E-state index is 5.50. The zero-order valence-corrected chi connectivity index (χ0v) is 8.83. The Balaban J connectivity index is 2.43. The van der Waals surface area contributed by atoms with Gasteiger partial charge in [-0.25, -0.2) is 9.97 Å². The highest BCUT2D eigenvalue weighted by molar-refractivity contribution is 5.24. The summed E-state index contributed by atoms with van der Waals surface area (Å²) < 4.78 is 0. The molecule has 0 saturated heterocycles. The van der Waals surface area contributed by atoms with Gasteiger partial charge in [-0.05, 0) is 24.4 Å². The molecule has 1 rings (SSSR count). The number of aromatic nitrogens is 2. The van der Waals surface area contributed by atoms with Gasteiger partial charge in [0, 0.05) is 18.9 Å². The first-order valence-electron chi connectivity index (χ1n) is 5.01. The largest absolute Gasteiger partial charge is 0.354 e. The summed E-state index contributed by atoms with van der Waals surface area (Å²) in [7, 11) is 0. The third-order valence-electron chi connectivity index (χ3n) is 2.12. The van der Waals surface area contributed by atoms with Gasteiger partial charge in [-0.15, -0.1) is 0 Å². The first-order chi connectivity index (χ1) is 6.76. The van der Waals surface area contributed by atoms with Gasteiger partial charge in [0.15, 0.2) is 0 Å². The predicted molar refractivity (Wildman–Crippen MR) is 58.1 cm³/mol. The summed E-state index contributed by atoms with van der Waals surface area (Å²) in [4.78, 5) is 8.39. The maximum atomic E-state index is 5.50. The second-order valence-corrected chi connectivity index (χ2v) is 3.49. The van der Waals surface area contributed by atoms with Crippen molar-refractivity contribution in [2.75, 3.05) is 18.4 Å². The SMILES string of the molecule is CCc1cnc(NCC(C)CN)nc1. The normalized spacial score (nSPS) is 12.5. The molecule has 14 heavy (non-hydrogen) atoms. The van der Waals surface area contributed by atoms with Gasteiger partial charge in [-0.2, -0.15) is 0 Å². The Morgan fingerprint density at radius 3 is 2.57 bits per heavy atom. The molecule has 0 aromatic carbocycles. The van der Waals surface area contributed by atoms with Gasteiger partial charge in [0.2, 0.25) is 5.95 Å². The molecule has 3 N–H and O–H groups in total. The molecular weight excluding hydrogens is 176 g/mol. The van der Waals surface area contributed by atoms with Crippen molar-refractivity contribution >= 4 is 5.95 Å². The van der Waals surface area contributed by atoms with E-state index in [0.717, 1.165) is 18.5 Å². The van der Waals surface area contributed by atoms with Gasteiger partial charge in [-0.3, -0.25) is 0 Å². The molecule has 1 aromatic rings. The summed E-state index contributed by atoms with van der Waals surface area (Å²) in [5, 5.41) is 3.14. The van der Waals surface area contributed by atoms with Gasteiger partial charge in [0.1, 0.15) is 0 Å². The van der Waals surface area contributed by atoms with Crippen molar-refractivity contribution < 1.29 is 0 Å². The number of hydrogen-bond acceptors (Lipinski definition) is 4. The molecular formula is C10H18N4. The lowest BCUT2D eigenvalue weighted by Crippen LogP contribution is -2.20. The number of rotatable bonds is 5. The fraction of sp³-hybridized carbons (Fsp3) is 0.600. The van der Waals surface area contributed by atoms with E-state index in [1.165, 1.54) is 0 Å². The summed E-state index contributed by atoms with van der Waals surface area (Å²) in [6, 6.07) is 0. The lowest BCUT2D eigenvalue weighted by molar-refractivity contribution is 0.625. The van der Waals surface area contributed by atoms with Gasteiger partial charge in [-0.1, -0.05) is 13.8 Å². The minimum atomic E-state index is 0.449. The first kappa shape index (κ1) is 10.9. The van der Waals surface area contributed by atoms with E-state index in [1.54, 1.807) is 0 Å². The van der Waals surface area contributed by atoms with Crippen LogP contribution in [0.1, 0.15) is 19.4 Å². The molecule has 0 spiro atoms. The van der Waals surface area contributed by atoms with E-state index in [2.05, 4.69) is 29.1 Å². The average Bonchev–Trinajstić information content (AvgIpc) is 2.26. The molecule has 0 amide bonds. The quantitative estimate of drug-likeness (QED) is 0.735. The molecule has 1 aromatic heterocycles. The van der Waals surface area contributed by atoms with E-state index in [1.807, 2.05) is 12.4 Å². The number of nitrogens with two attached hydrogens (primary N) is 1. The first-order valence-corrected chi connectivity index (χ1v) is 5.01. The van der Waals surface area contributed by atoms with Crippen molar-refractivity contribution in [1.82, 2.24) is 9.97 Å². The van der Waals surface area contributed by atoms with E-state index < -0.39 is 0 Å². The molecule has 0 bridgehead atoms. The molecule has 1 unspecified atom stereocenters. The monoisotopic (exact) mass is 194 g/mol. The Kier molecular flexibility index (Phi) is 4.32. The van der Waals surface area contributed by atoms with Crippen LogP contribution in [0.4, 0.5) is 5.95 Å². The number of hydrogen-bond donors (Lipinski definition) is 2. The molecule has 0 saturated carbocycles. The molecule has 1 heterocycles. The Morgan fingerprint density at radius 1 is 1.43 bits per heavy atom. The highest BCUT2D eigenvalue weighted by atomic mass is 15.1. The molecule has 78 valence electrons. The standard InChI is InChI=1S/C10H18N4/c1-3-9-6-13-10(14-7-9)12-5-8(2)4-11/h6-8H,3-5,11H2,1-2H3,(H,12,13,14). The smallest absolute Gasteiger partial charge is 0.222 e. The Labute approximate surface area is 85.0 Å². The summed E-state index contributed by atoms with van der Waals surface area (Å²) >= 11 is 0. The Morgan fingerprint density at radius 2 is 2.07 bits per heavy atom. The van der Waals surface area contributed by atoms with Crippen LogP contribution in [-0.4, -0.2) is 23.1 Å². The van der Waals surface area contributed by atoms with Crippen molar-refractivity contribution in [3.63, 3.8) is 0 Å². The number of nitrogens with one attached hydrogen (secondary N) is 1. The summed E-state index contributed by atoms with van der Waals surface area (Å²) in [6.45, 7) is 5.68. The summed E-state index contributed by atoms with van der Waals surface area (Å²) in [6.07, 6.45) is 4.67. The lowest BCUT2D eigenvalue weighted by atomic mass is 10.2. The second kappa shape index (κ2) is 5.54. The summed E-state index contributed by atoms with van der Waals surface area (Å²) in [5.74, 6) is 1.13. The van der Waals surface area contributed by atoms with E-state index in [4.69, 9.17) is 5.73 Å². The van der Waals surface area contributed by atoms with Crippen molar-refractivity contribution in [3.8, 4) is 0 Å². The van der Waals surface area contributed by atoms with E-state index >= 15 is 0 Å². The molecule has 0 aliphatic rings. The fourth-order valence-corrected chi connectivity index (χ4v) is 0.977. The van der Waals surface area contributed by atoms with Crippen LogP contribution in [0, 0.1) is 5.92 Å². The Hall–Kier alpha value is -1.16. The molecule has 0 fully saturated rings. The Bertz CT molecular complexity index is 257. The summed E-state index contributed by atoms with van der Waals surface area (Å²) in [5.41, 5.74) is 6.66. The topological polar surface area (TPSA) is 63.8 Å². The minimum absolute atomic E-state index is 0.449. The van der Waals surface area contributed by atoms with Crippen LogP contribution in [0.25, 0.3) is 0 Å². The van der Waals surface area contributed by atoms with Crippen molar-refractivity contribution in [1.29, 1.82) is 0 Å². The van der Waals surface area contributed by atoms with Crippen LogP contribution < -0.4 is 11.1 Å².